The highest BCUT2D eigenvalue weighted by Gasteiger charge is 2.30. The van der Waals surface area contributed by atoms with Crippen molar-refractivity contribution in [3.8, 4) is 0 Å². The van der Waals surface area contributed by atoms with Gasteiger partial charge in [-0.05, 0) is 64.7 Å². The van der Waals surface area contributed by atoms with E-state index in [0.717, 1.165) is 6.42 Å². The molecule has 0 fully saturated rings. The Hall–Kier alpha value is -0.900. The van der Waals surface area contributed by atoms with Crippen molar-refractivity contribution < 1.29 is 4.74 Å². The average molecular weight is 264 g/mol. The van der Waals surface area contributed by atoms with E-state index in [1.807, 2.05) is 6.92 Å². The summed E-state index contributed by atoms with van der Waals surface area (Å²) in [6.45, 7) is 13.3. The number of benzene rings is 1. The second kappa shape index (κ2) is 6.51. The Kier molecular flexibility index (Phi) is 5.53. The number of rotatable bonds is 6. The summed E-state index contributed by atoms with van der Waals surface area (Å²) < 4.78 is 5.82. The molecule has 19 heavy (non-hydrogen) atoms. The van der Waals surface area contributed by atoms with Crippen LogP contribution in [0.3, 0.4) is 0 Å². The van der Waals surface area contributed by atoms with Crippen molar-refractivity contribution in [2.45, 2.75) is 59.6 Å². The lowest BCUT2D eigenvalue weighted by Crippen LogP contribution is -2.52. The third-order valence-electron chi connectivity index (χ3n) is 3.81. The summed E-state index contributed by atoms with van der Waals surface area (Å²) in [5, 5.41) is 0. The SMILES string of the molecule is CCOC(C)(C)C(Cc1c(C)cc(C)cc1C)NN. The molecule has 1 aromatic rings. The minimum absolute atomic E-state index is 0.0903. The molecule has 0 heterocycles. The van der Waals surface area contributed by atoms with Gasteiger partial charge in [0, 0.05) is 6.61 Å². The standard InChI is InChI=1S/C16H28N2O/c1-7-19-16(5,6)15(18-17)10-14-12(3)8-11(2)9-13(14)4/h8-9,15,18H,7,10,17H2,1-6H3. The molecule has 1 rings (SSSR count). The van der Waals surface area contributed by atoms with Gasteiger partial charge in [-0.3, -0.25) is 11.3 Å². The van der Waals surface area contributed by atoms with Gasteiger partial charge >= 0.3 is 0 Å². The summed E-state index contributed by atoms with van der Waals surface area (Å²) in [5.41, 5.74) is 7.95. The Bertz CT molecular complexity index is 404. The van der Waals surface area contributed by atoms with E-state index in [2.05, 4.69) is 52.2 Å². The second-order valence-corrected chi connectivity index (χ2v) is 5.84. The van der Waals surface area contributed by atoms with Crippen LogP contribution in [0.15, 0.2) is 12.1 Å². The molecule has 1 aromatic carbocycles. The number of nitrogens with one attached hydrogen (secondary N) is 1. The second-order valence-electron chi connectivity index (χ2n) is 5.84. The molecule has 0 saturated heterocycles. The smallest absolute Gasteiger partial charge is 0.0795 e. The van der Waals surface area contributed by atoms with E-state index in [1.165, 1.54) is 22.3 Å². The van der Waals surface area contributed by atoms with Gasteiger partial charge in [-0.1, -0.05) is 17.7 Å². The summed E-state index contributed by atoms with van der Waals surface area (Å²) in [7, 11) is 0. The zero-order valence-electron chi connectivity index (χ0n) is 13.1. The first-order chi connectivity index (χ1) is 8.81. The van der Waals surface area contributed by atoms with Crippen molar-refractivity contribution >= 4 is 0 Å². The molecular weight excluding hydrogens is 236 g/mol. The topological polar surface area (TPSA) is 47.3 Å². The minimum atomic E-state index is -0.284. The average Bonchev–Trinajstić information content (AvgIpc) is 2.27. The predicted molar refractivity (Wildman–Crippen MR) is 81.2 cm³/mol. The molecule has 0 aliphatic heterocycles. The maximum Gasteiger partial charge on any atom is 0.0795 e. The normalized spacial score (nSPS) is 13.6. The molecule has 3 N–H and O–H groups in total. The van der Waals surface area contributed by atoms with Crippen LogP contribution in [-0.2, 0) is 11.2 Å². The Labute approximate surface area is 117 Å². The molecule has 0 aromatic heterocycles. The zero-order valence-corrected chi connectivity index (χ0v) is 13.1. The van der Waals surface area contributed by atoms with Crippen LogP contribution in [0.5, 0.6) is 0 Å². The van der Waals surface area contributed by atoms with Gasteiger partial charge < -0.3 is 4.74 Å². The quantitative estimate of drug-likeness (QED) is 0.613. The van der Waals surface area contributed by atoms with Crippen LogP contribution in [0.4, 0.5) is 0 Å². The van der Waals surface area contributed by atoms with Crippen molar-refractivity contribution in [1.82, 2.24) is 5.43 Å². The third-order valence-corrected chi connectivity index (χ3v) is 3.81. The van der Waals surface area contributed by atoms with Gasteiger partial charge in [-0.25, -0.2) is 0 Å². The first-order valence-corrected chi connectivity index (χ1v) is 6.98. The van der Waals surface area contributed by atoms with E-state index in [0.29, 0.717) is 6.61 Å². The van der Waals surface area contributed by atoms with Crippen LogP contribution in [0, 0.1) is 20.8 Å². The van der Waals surface area contributed by atoms with Crippen molar-refractivity contribution in [3.05, 3.63) is 34.4 Å². The molecule has 0 spiro atoms. The number of nitrogens with two attached hydrogens (primary N) is 1. The fourth-order valence-corrected chi connectivity index (χ4v) is 2.71. The first kappa shape index (κ1) is 16.2. The highest BCUT2D eigenvalue weighted by Crippen LogP contribution is 2.23. The molecule has 3 heteroatoms. The largest absolute Gasteiger partial charge is 0.374 e. The number of hydrogen-bond acceptors (Lipinski definition) is 3. The summed E-state index contributed by atoms with van der Waals surface area (Å²) in [4.78, 5) is 0. The van der Waals surface area contributed by atoms with E-state index in [4.69, 9.17) is 10.6 Å². The summed E-state index contributed by atoms with van der Waals surface area (Å²) in [6.07, 6.45) is 0.876. The lowest BCUT2D eigenvalue weighted by Gasteiger charge is -2.34. The lowest BCUT2D eigenvalue weighted by atomic mass is 9.88. The van der Waals surface area contributed by atoms with E-state index >= 15 is 0 Å². The minimum Gasteiger partial charge on any atom is -0.374 e. The van der Waals surface area contributed by atoms with E-state index in [-0.39, 0.29) is 11.6 Å². The molecule has 0 saturated carbocycles. The van der Waals surface area contributed by atoms with Crippen LogP contribution in [0.1, 0.15) is 43.0 Å². The summed E-state index contributed by atoms with van der Waals surface area (Å²) >= 11 is 0. The van der Waals surface area contributed by atoms with Gasteiger partial charge in [0.2, 0.25) is 0 Å². The molecule has 0 amide bonds. The van der Waals surface area contributed by atoms with Crippen molar-refractivity contribution in [2.24, 2.45) is 5.84 Å². The van der Waals surface area contributed by atoms with Crippen molar-refractivity contribution in [3.63, 3.8) is 0 Å². The Morgan fingerprint density at radius 3 is 2.16 bits per heavy atom. The lowest BCUT2D eigenvalue weighted by molar-refractivity contribution is -0.0381. The Morgan fingerprint density at radius 1 is 1.21 bits per heavy atom. The van der Waals surface area contributed by atoms with Crippen LogP contribution in [0.2, 0.25) is 0 Å². The summed E-state index contributed by atoms with van der Waals surface area (Å²) in [6, 6.07) is 4.54. The number of hydrogen-bond donors (Lipinski definition) is 2. The third kappa shape index (κ3) is 4.03. The van der Waals surface area contributed by atoms with Gasteiger partial charge in [0.15, 0.2) is 0 Å². The molecule has 0 radical (unpaired) electrons. The fourth-order valence-electron chi connectivity index (χ4n) is 2.71. The Balaban J connectivity index is 2.99. The molecule has 1 unspecified atom stereocenters. The molecule has 0 bridgehead atoms. The number of ether oxygens (including phenoxy) is 1. The van der Waals surface area contributed by atoms with Gasteiger partial charge in [0.1, 0.15) is 0 Å². The van der Waals surface area contributed by atoms with Crippen LogP contribution in [-0.4, -0.2) is 18.2 Å². The van der Waals surface area contributed by atoms with E-state index in [1.54, 1.807) is 0 Å². The fraction of sp³-hybridized carbons (Fsp3) is 0.625. The molecule has 0 aliphatic rings. The number of aryl methyl sites for hydroxylation is 3. The predicted octanol–water partition coefficient (Wildman–Crippen LogP) is 2.80. The van der Waals surface area contributed by atoms with E-state index < -0.39 is 0 Å². The van der Waals surface area contributed by atoms with E-state index in [9.17, 15) is 0 Å². The van der Waals surface area contributed by atoms with Gasteiger partial charge in [-0.15, -0.1) is 0 Å². The first-order valence-electron chi connectivity index (χ1n) is 6.98. The molecular formula is C16H28N2O. The molecule has 1 atom stereocenters. The van der Waals surface area contributed by atoms with Gasteiger partial charge in [0.25, 0.3) is 0 Å². The monoisotopic (exact) mass is 264 g/mol. The Morgan fingerprint density at radius 2 is 1.74 bits per heavy atom. The number of hydrazine groups is 1. The molecule has 108 valence electrons. The van der Waals surface area contributed by atoms with Gasteiger partial charge in [0.05, 0.1) is 11.6 Å². The highest BCUT2D eigenvalue weighted by molar-refractivity contribution is 5.38. The highest BCUT2D eigenvalue weighted by atomic mass is 16.5. The zero-order chi connectivity index (χ0) is 14.6. The maximum atomic E-state index is 5.82. The van der Waals surface area contributed by atoms with Crippen LogP contribution in [0.25, 0.3) is 0 Å². The maximum absolute atomic E-state index is 5.82. The van der Waals surface area contributed by atoms with Gasteiger partial charge in [-0.2, -0.15) is 0 Å². The molecule has 3 nitrogen and oxygen atoms in total. The van der Waals surface area contributed by atoms with Crippen LogP contribution < -0.4 is 11.3 Å². The van der Waals surface area contributed by atoms with Crippen molar-refractivity contribution in [1.29, 1.82) is 0 Å². The summed E-state index contributed by atoms with van der Waals surface area (Å²) in [5.74, 6) is 5.74. The molecule has 0 aliphatic carbocycles. The van der Waals surface area contributed by atoms with Crippen molar-refractivity contribution in [2.75, 3.05) is 6.61 Å². The van der Waals surface area contributed by atoms with Crippen LogP contribution >= 0.6 is 0 Å².